The normalized spacial score (nSPS) is 9.92. The summed E-state index contributed by atoms with van der Waals surface area (Å²) < 4.78 is 10.3. The summed E-state index contributed by atoms with van der Waals surface area (Å²) in [7, 11) is 3.01. The molecular weight excluding hydrogens is 308 g/mol. The van der Waals surface area contributed by atoms with E-state index in [1.807, 2.05) is 30.3 Å². The number of methoxy groups -OCH3 is 2. The topological polar surface area (TPSA) is 76.7 Å². The summed E-state index contributed by atoms with van der Waals surface area (Å²) in [5, 5.41) is 0. The van der Waals surface area contributed by atoms with Gasteiger partial charge in [0, 0.05) is 12.0 Å². The summed E-state index contributed by atoms with van der Waals surface area (Å²) in [5.74, 6) is 0.290. The molecule has 0 atom stereocenters. The highest BCUT2D eigenvalue weighted by atomic mass is 16.5. The van der Waals surface area contributed by atoms with E-state index in [0.29, 0.717) is 23.5 Å². The highest BCUT2D eigenvalue weighted by Crippen LogP contribution is 2.27. The fraction of sp³-hybridized carbons (Fsp3) is 0.222. The molecule has 0 saturated heterocycles. The molecule has 0 unspecified atom stereocenters. The zero-order valence-electron chi connectivity index (χ0n) is 13.7. The zero-order chi connectivity index (χ0) is 17.4. The first-order chi connectivity index (χ1) is 11.6. The number of amides is 2. The van der Waals surface area contributed by atoms with Crippen molar-refractivity contribution >= 4 is 11.8 Å². The van der Waals surface area contributed by atoms with E-state index in [1.165, 1.54) is 14.2 Å². The summed E-state index contributed by atoms with van der Waals surface area (Å²) in [5.41, 5.74) is 6.22. The molecule has 6 heteroatoms. The van der Waals surface area contributed by atoms with Gasteiger partial charge in [0.1, 0.15) is 0 Å². The molecule has 2 aromatic rings. The Morgan fingerprint density at radius 2 is 1.62 bits per heavy atom. The van der Waals surface area contributed by atoms with Crippen molar-refractivity contribution in [3.63, 3.8) is 0 Å². The first-order valence-corrected chi connectivity index (χ1v) is 7.49. The number of rotatable bonds is 6. The Kier molecular flexibility index (Phi) is 6.19. The molecule has 0 aromatic heterocycles. The molecule has 2 rings (SSSR count). The van der Waals surface area contributed by atoms with Gasteiger partial charge in [0.05, 0.1) is 14.2 Å². The fourth-order valence-electron chi connectivity index (χ4n) is 2.14. The van der Waals surface area contributed by atoms with E-state index in [9.17, 15) is 9.59 Å². The Bertz CT molecular complexity index is 701. The van der Waals surface area contributed by atoms with Gasteiger partial charge in [-0.15, -0.1) is 0 Å². The molecule has 0 aliphatic rings. The summed E-state index contributed by atoms with van der Waals surface area (Å²) in [4.78, 5) is 23.9. The molecule has 2 amide bonds. The number of benzene rings is 2. The number of ether oxygens (including phenoxy) is 2. The lowest BCUT2D eigenvalue weighted by molar-refractivity contribution is -0.121. The van der Waals surface area contributed by atoms with Gasteiger partial charge in [-0.2, -0.15) is 0 Å². The number of hydrogen-bond donors (Lipinski definition) is 2. The van der Waals surface area contributed by atoms with E-state index in [-0.39, 0.29) is 12.3 Å². The number of nitrogens with one attached hydrogen (secondary N) is 2. The molecule has 0 heterocycles. The molecule has 0 saturated carbocycles. The standard InChI is InChI=1S/C18H20N2O4/c1-23-15-10-9-14(12-16(15)24-2)18(22)20-19-17(21)11-8-13-6-4-3-5-7-13/h3-7,9-10,12H,8,11H2,1-2H3,(H,19,21)(H,20,22). The Morgan fingerprint density at radius 3 is 2.29 bits per heavy atom. The maximum Gasteiger partial charge on any atom is 0.269 e. The first kappa shape index (κ1) is 17.3. The predicted molar refractivity (Wildman–Crippen MR) is 89.9 cm³/mol. The molecule has 126 valence electrons. The quantitative estimate of drug-likeness (QED) is 0.796. The van der Waals surface area contributed by atoms with E-state index in [2.05, 4.69) is 10.9 Å². The van der Waals surface area contributed by atoms with Gasteiger partial charge in [0.2, 0.25) is 5.91 Å². The van der Waals surface area contributed by atoms with Crippen LogP contribution in [-0.4, -0.2) is 26.0 Å². The van der Waals surface area contributed by atoms with Crippen molar-refractivity contribution in [2.24, 2.45) is 0 Å². The zero-order valence-corrected chi connectivity index (χ0v) is 13.7. The van der Waals surface area contributed by atoms with Crippen LogP contribution in [-0.2, 0) is 11.2 Å². The lowest BCUT2D eigenvalue weighted by Gasteiger charge is -2.10. The van der Waals surface area contributed by atoms with Crippen molar-refractivity contribution < 1.29 is 19.1 Å². The average Bonchev–Trinajstić information content (AvgIpc) is 2.64. The van der Waals surface area contributed by atoms with Crippen LogP contribution in [0.2, 0.25) is 0 Å². The summed E-state index contributed by atoms with van der Waals surface area (Å²) in [6.45, 7) is 0. The molecule has 0 bridgehead atoms. The van der Waals surface area contributed by atoms with Crippen LogP contribution in [0.25, 0.3) is 0 Å². The third-order valence-corrected chi connectivity index (χ3v) is 3.44. The minimum absolute atomic E-state index is 0.257. The van der Waals surface area contributed by atoms with Crippen molar-refractivity contribution in [2.45, 2.75) is 12.8 Å². The van der Waals surface area contributed by atoms with Crippen LogP contribution < -0.4 is 20.3 Å². The van der Waals surface area contributed by atoms with Crippen LogP contribution >= 0.6 is 0 Å². The van der Waals surface area contributed by atoms with Crippen molar-refractivity contribution in [1.29, 1.82) is 0 Å². The predicted octanol–water partition coefficient (Wildman–Crippen LogP) is 2.10. The van der Waals surface area contributed by atoms with Gasteiger partial charge >= 0.3 is 0 Å². The second-order valence-electron chi connectivity index (χ2n) is 5.06. The molecule has 0 spiro atoms. The van der Waals surface area contributed by atoms with Crippen molar-refractivity contribution in [2.75, 3.05) is 14.2 Å². The molecule has 2 aromatic carbocycles. The van der Waals surface area contributed by atoms with Crippen LogP contribution in [0.3, 0.4) is 0 Å². The molecule has 0 fully saturated rings. The highest BCUT2D eigenvalue weighted by molar-refractivity contribution is 5.96. The first-order valence-electron chi connectivity index (χ1n) is 7.49. The number of carbonyl (C=O) groups excluding carboxylic acids is 2. The van der Waals surface area contributed by atoms with Crippen molar-refractivity contribution in [3.05, 3.63) is 59.7 Å². The van der Waals surface area contributed by atoms with Gasteiger partial charge in [0.25, 0.3) is 5.91 Å². The highest BCUT2D eigenvalue weighted by Gasteiger charge is 2.11. The van der Waals surface area contributed by atoms with Crippen LogP contribution in [0.1, 0.15) is 22.3 Å². The average molecular weight is 328 g/mol. The van der Waals surface area contributed by atoms with Gasteiger partial charge in [-0.25, -0.2) is 0 Å². The number of carbonyl (C=O) groups is 2. The van der Waals surface area contributed by atoms with Gasteiger partial charge in [0.15, 0.2) is 11.5 Å². The van der Waals surface area contributed by atoms with Gasteiger partial charge in [-0.1, -0.05) is 30.3 Å². The monoisotopic (exact) mass is 328 g/mol. The lowest BCUT2D eigenvalue weighted by Crippen LogP contribution is -2.41. The fourth-order valence-corrected chi connectivity index (χ4v) is 2.14. The molecule has 0 aliphatic heterocycles. The molecule has 0 radical (unpaired) electrons. The lowest BCUT2D eigenvalue weighted by atomic mass is 10.1. The Balaban J connectivity index is 1.85. The van der Waals surface area contributed by atoms with E-state index in [0.717, 1.165) is 5.56 Å². The Hall–Kier alpha value is -3.02. The molecule has 2 N–H and O–H groups in total. The largest absolute Gasteiger partial charge is 0.493 e. The van der Waals surface area contributed by atoms with Gasteiger partial charge in [-0.05, 0) is 30.2 Å². The van der Waals surface area contributed by atoms with Gasteiger partial charge in [-0.3, -0.25) is 20.4 Å². The second-order valence-corrected chi connectivity index (χ2v) is 5.06. The SMILES string of the molecule is COc1ccc(C(=O)NNC(=O)CCc2ccccc2)cc1OC. The summed E-state index contributed by atoms with van der Waals surface area (Å²) in [6, 6.07) is 14.4. The van der Waals surface area contributed by atoms with Crippen LogP contribution in [0, 0.1) is 0 Å². The third-order valence-electron chi connectivity index (χ3n) is 3.44. The summed E-state index contributed by atoms with van der Waals surface area (Å²) in [6.07, 6.45) is 0.898. The smallest absolute Gasteiger partial charge is 0.269 e. The number of hydrazine groups is 1. The Labute approximate surface area is 140 Å². The van der Waals surface area contributed by atoms with E-state index >= 15 is 0 Å². The molecule has 24 heavy (non-hydrogen) atoms. The Morgan fingerprint density at radius 1 is 0.917 bits per heavy atom. The van der Waals surface area contributed by atoms with E-state index in [4.69, 9.17) is 9.47 Å². The van der Waals surface area contributed by atoms with Gasteiger partial charge < -0.3 is 9.47 Å². The molecular formula is C18H20N2O4. The van der Waals surface area contributed by atoms with E-state index < -0.39 is 5.91 Å². The molecule has 0 aliphatic carbocycles. The van der Waals surface area contributed by atoms with Crippen LogP contribution in [0.4, 0.5) is 0 Å². The third kappa shape index (κ3) is 4.74. The minimum atomic E-state index is -0.427. The second kappa shape index (κ2) is 8.57. The van der Waals surface area contributed by atoms with E-state index in [1.54, 1.807) is 18.2 Å². The summed E-state index contributed by atoms with van der Waals surface area (Å²) >= 11 is 0. The number of aryl methyl sites for hydroxylation is 1. The van der Waals surface area contributed by atoms with Crippen LogP contribution in [0.5, 0.6) is 11.5 Å². The maximum absolute atomic E-state index is 12.1. The molecule has 6 nitrogen and oxygen atoms in total. The van der Waals surface area contributed by atoms with Crippen LogP contribution in [0.15, 0.2) is 48.5 Å². The maximum atomic E-state index is 12.1. The van der Waals surface area contributed by atoms with Crippen molar-refractivity contribution in [1.82, 2.24) is 10.9 Å². The minimum Gasteiger partial charge on any atom is -0.493 e. The number of hydrogen-bond acceptors (Lipinski definition) is 4. The van der Waals surface area contributed by atoms with Crippen molar-refractivity contribution in [3.8, 4) is 11.5 Å².